The Morgan fingerprint density at radius 2 is 1.68 bits per heavy atom. The van der Waals surface area contributed by atoms with E-state index in [1.54, 1.807) is 36.9 Å². The van der Waals surface area contributed by atoms with Gasteiger partial charge in [0.2, 0.25) is 41.2 Å². The number of fused-ring (bicyclic) bond motifs is 4. The highest BCUT2D eigenvalue weighted by molar-refractivity contribution is 8.00. The van der Waals surface area contributed by atoms with Gasteiger partial charge in [-0.3, -0.25) is 48.5 Å². The molecule has 8 rings (SSSR count). The molecular formula is C51H58N14O11S. The van der Waals surface area contributed by atoms with Crippen LogP contribution in [0.4, 0.5) is 5.95 Å². The number of allylic oxidation sites excluding steroid dienone is 2. The molecule has 0 saturated carbocycles. The summed E-state index contributed by atoms with van der Waals surface area (Å²) in [4.78, 5) is 110. The van der Waals surface area contributed by atoms with Crippen molar-refractivity contribution in [2.45, 2.75) is 84.3 Å². The number of imide groups is 1. The number of imidazole rings is 1. The van der Waals surface area contributed by atoms with E-state index in [1.807, 2.05) is 48.2 Å². The van der Waals surface area contributed by atoms with Gasteiger partial charge in [0.05, 0.1) is 41.4 Å². The summed E-state index contributed by atoms with van der Waals surface area (Å²) in [5.41, 5.74) is 21.2. The van der Waals surface area contributed by atoms with Gasteiger partial charge in [0.15, 0.2) is 11.7 Å². The van der Waals surface area contributed by atoms with Crippen molar-refractivity contribution in [3.63, 3.8) is 0 Å². The van der Waals surface area contributed by atoms with Gasteiger partial charge in [-0.25, -0.2) is 19.9 Å². The smallest absolute Gasteiger partial charge is 0.321 e. The Kier molecular flexibility index (Phi) is 16.4. The molecule has 1 fully saturated rings. The van der Waals surface area contributed by atoms with E-state index in [-0.39, 0.29) is 91.4 Å². The van der Waals surface area contributed by atoms with Crippen LogP contribution < -0.4 is 32.0 Å². The molecular weight excluding hydrogens is 1020 g/mol. The largest absolute Gasteiger partial charge is 0.495 e. The van der Waals surface area contributed by atoms with Gasteiger partial charge >= 0.3 is 5.97 Å². The fourth-order valence-corrected chi connectivity index (χ4v) is 10.1. The number of thioether (sulfide) groups is 1. The molecule has 1 aliphatic heterocycles. The average molecular weight is 1080 g/mol. The van der Waals surface area contributed by atoms with Crippen molar-refractivity contribution in [2.75, 3.05) is 44.9 Å². The summed E-state index contributed by atoms with van der Waals surface area (Å²) < 4.78 is 23.3. The summed E-state index contributed by atoms with van der Waals surface area (Å²) in [5.74, 6) is -3.19. The van der Waals surface area contributed by atoms with E-state index in [9.17, 15) is 33.6 Å². The molecule has 0 bridgehead atoms. The number of nitrogens with one attached hydrogen (secondary N) is 1. The Bertz CT molecular complexity index is 3520. The van der Waals surface area contributed by atoms with Crippen molar-refractivity contribution in [1.82, 2.24) is 48.7 Å². The fourth-order valence-electron chi connectivity index (χ4n) is 9.01. The number of hydrogen-bond acceptors (Lipinski definition) is 17. The van der Waals surface area contributed by atoms with Crippen molar-refractivity contribution in [3.05, 3.63) is 82.8 Å². The molecule has 1 aliphatic rings. The Hall–Kier alpha value is -8.65. The maximum absolute atomic E-state index is 13.9. The van der Waals surface area contributed by atoms with Gasteiger partial charge in [0.1, 0.15) is 34.4 Å². The number of ether oxygens (including phenoxy) is 2. The van der Waals surface area contributed by atoms with Gasteiger partial charge in [0, 0.05) is 93.4 Å². The van der Waals surface area contributed by atoms with E-state index in [0.29, 0.717) is 70.0 Å². The van der Waals surface area contributed by atoms with Crippen molar-refractivity contribution < 1.29 is 52.6 Å². The number of carboxylic acids is 1. The average Bonchev–Trinajstić information content (AvgIpc) is 4.27. The fraction of sp³-hybridized carbons (Fsp3) is 0.373. The number of aryl methyl sites for hydroxylation is 4. The zero-order valence-corrected chi connectivity index (χ0v) is 44.0. The van der Waals surface area contributed by atoms with Crippen molar-refractivity contribution in [3.8, 4) is 23.0 Å². The summed E-state index contributed by atoms with van der Waals surface area (Å²) in [6.45, 7) is 8.31. The van der Waals surface area contributed by atoms with E-state index in [1.165, 1.54) is 24.1 Å². The number of nitrogens with two attached hydrogens (primary N) is 3. The highest BCUT2D eigenvalue weighted by atomic mass is 32.2. The number of benzene rings is 2. The Morgan fingerprint density at radius 1 is 0.961 bits per heavy atom. The Labute approximate surface area is 444 Å². The zero-order chi connectivity index (χ0) is 55.4. The summed E-state index contributed by atoms with van der Waals surface area (Å²) in [5, 5.41) is 17.0. The minimum Gasteiger partial charge on any atom is -0.495 e. The third kappa shape index (κ3) is 11.5. The number of aromatic nitrogens is 8. The molecule has 7 aromatic rings. The second-order valence-corrected chi connectivity index (χ2v) is 19.4. The Morgan fingerprint density at radius 3 is 2.36 bits per heavy atom. The van der Waals surface area contributed by atoms with E-state index in [4.69, 9.17) is 51.2 Å². The maximum Gasteiger partial charge on any atom is 0.321 e. The lowest BCUT2D eigenvalue weighted by Crippen LogP contribution is -2.37. The highest BCUT2D eigenvalue weighted by Crippen LogP contribution is 2.37. The van der Waals surface area contributed by atoms with Crippen LogP contribution in [0.3, 0.4) is 0 Å². The summed E-state index contributed by atoms with van der Waals surface area (Å²) >= 11 is 0.997. The molecule has 77 heavy (non-hydrogen) atoms. The van der Waals surface area contributed by atoms with Gasteiger partial charge in [-0.1, -0.05) is 19.1 Å². The van der Waals surface area contributed by atoms with E-state index in [2.05, 4.69) is 15.4 Å². The first-order valence-corrected chi connectivity index (χ1v) is 25.7. The number of rotatable bonds is 24. The summed E-state index contributed by atoms with van der Waals surface area (Å²) in [6.07, 6.45) is 5.87. The zero-order valence-electron chi connectivity index (χ0n) is 43.2. The predicted octanol–water partition coefficient (Wildman–Crippen LogP) is 3.59. The third-order valence-corrected chi connectivity index (χ3v) is 14.2. The van der Waals surface area contributed by atoms with Gasteiger partial charge in [-0.2, -0.15) is 5.10 Å². The van der Waals surface area contributed by atoms with Gasteiger partial charge < -0.3 is 50.2 Å². The van der Waals surface area contributed by atoms with Crippen LogP contribution in [0.25, 0.3) is 44.5 Å². The minimum absolute atomic E-state index is 0.00503. The number of aliphatic carboxylic acids is 1. The van der Waals surface area contributed by atoms with Crippen molar-refractivity contribution in [2.24, 2.45) is 17.2 Å². The molecule has 404 valence electrons. The number of methoxy groups -OCH3 is 1. The lowest BCUT2D eigenvalue weighted by Gasteiger charge is -2.20. The van der Waals surface area contributed by atoms with Crippen LogP contribution in [0.2, 0.25) is 0 Å². The third-order valence-electron chi connectivity index (χ3n) is 12.9. The topological polar surface area (TPSA) is 347 Å². The molecule has 0 spiro atoms. The molecule has 6 heterocycles. The lowest BCUT2D eigenvalue weighted by atomic mass is 10.1. The SMILES string of the molecule is CCc1nc(C)oc1C(=O)Nc1nc2cc(C(N)=O)cc(OCCCN(C)C(=O)CCN3C(=O)CC(SC[C@H](N)C(=O)O)C3=O)c2n1C/C=C/Cn1c2nc(-c3cc(C)nn3CC)ncc2c2cc(C(N)=O)cc(OC)c21. The van der Waals surface area contributed by atoms with Gasteiger partial charge in [-0.05, 0) is 57.0 Å². The number of anilines is 1. The van der Waals surface area contributed by atoms with Gasteiger partial charge in [-0.15, -0.1) is 11.8 Å². The first-order chi connectivity index (χ1) is 36.8. The van der Waals surface area contributed by atoms with E-state index in [0.717, 1.165) is 28.0 Å². The second-order valence-electron chi connectivity index (χ2n) is 18.1. The second kappa shape index (κ2) is 23.1. The standard InChI is InChI=1S/C51H58N14O11S/c1-7-33-43(76-27(4)56-33)48(70)59-51-57-34-20-29(45(54)69)22-37(75-17-11-13-61(5)39(66)12-16-62-40(67)23-38(49(62)71)77-25-32(52)50(72)73)42(34)64(51)15-10-9-14-63-41-30(19-28(44(53)68)21-36(41)74-6)31-24-55-46(58-47(31)63)35-18-26(3)60-65(35)8-2/h9-10,18-22,24,32,38H,7-8,11-17,23,25,52H2,1-6H3,(H2,53,68)(H2,54,69)(H,72,73)(H,57,59,70)/b10-9+/t32-,38?/m0/s1. The van der Waals surface area contributed by atoms with Crippen molar-refractivity contribution in [1.29, 1.82) is 0 Å². The van der Waals surface area contributed by atoms with Crippen LogP contribution in [-0.2, 0) is 45.2 Å². The quantitative estimate of drug-likeness (QED) is 0.0328. The molecule has 1 unspecified atom stereocenters. The van der Waals surface area contributed by atoms with Crippen LogP contribution in [0, 0.1) is 13.8 Å². The predicted molar refractivity (Wildman–Crippen MR) is 283 cm³/mol. The van der Waals surface area contributed by atoms with E-state index >= 15 is 0 Å². The number of carboxylic acid groups (broad SMARTS) is 1. The first kappa shape index (κ1) is 54.6. The molecule has 6 amide bonds. The van der Waals surface area contributed by atoms with Crippen LogP contribution in [-0.4, -0.2) is 146 Å². The Balaban J connectivity index is 1.07. The number of hydrogen-bond donors (Lipinski definition) is 5. The highest BCUT2D eigenvalue weighted by Gasteiger charge is 2.39. The molecule has 25 nitrogen and oxygen atoms in total. The number of nitrogens with zero attached hydrogens (tertiary/aromatic N) is 10. The number of primary amides is 2. The molecule has 1 saturated heterocycles. The number of carbonyl (C=O) groups is 7. The maximum atomic E-state index is 13.9. The lowest BCUT2D eigenvalue weighted by molar-refractivity contribution is -0.140. The van der Waals surface area contributed by atoms with Gasteiger partial charge in [0.25, 0.3) is 5.91 Å². The van der Waals surface area contributed by atoms with Crippen LogP contribution >= 0.6 is 11.8 Å². The number of carbonyl (C=O) groups excluding carboxylic acids is 6. The molecule has 26 heteroatoms. The molecule has 8 N–H and O–H groups in total. The molecule has 5 aromatic heterocycles. The van der Waals surface area contributed by atoms with E-state index < -0.39 is 46.8 Å². The van der Waals surface area contributed by atoms with Crippen LogP contribution in [0.15, 0.2) is 53.1 Å². The first-order valence-electron chi connectivity index (χ1n) is 24.6. The molecule has 2 aromatic carbocycles. The molecule has 0 radical (unpaired) electrons. The summed E-state index contributed by atoms with van der Waals surface area (Å²) in [7, 11) is 3.07. The minimum atomic E-state index is -1.22. The number of likely N-dealkylation sites (tertiary alicyclic amines) is 1. The number of oxazole rings is 1. The molecule has 2 atom stereocenters. The summed E-state index contributed by atoms with van der Waals surface area (Å²) in [6, 6.07) is 6.93. The number of amides is 6. The van der Waals surface area contributed by atoms with Crippen LogP contribution in [0.5, 0.6) is 11.5 Å². The normalized spacial score (nSPS) is 14.1. The molecule has 0 aliphatic carbocycles. The van der Waals surface area contributed by atoms with Crippen LogP contribution in [0.1, 0.15) is 81.7 Å². The monoisotopic (exact) mass is 1070 g/mol. The van der Waals surface area contributed by atoms with Crippen molar-refractivity contribution >= 4 is 92.1 Å².